The summed E-state index contributed by atoms with van der Waals surface area (Å²) in [6.07, 6.45) is 0. The highest BCUT2D eigenvalue weighted by Crippen LogP contribution is 2.37. The Kier molecular flexibility index (Phi) is 6.00. The third-order valence-corrected chi connectivity index (χ3v) is 6.57. The number of aryl methyl sites for hydroxylation is 1. The van der Waals surface area contributed by atoms with Crippen LogP contribution < -0.4 is 5.32 Å². The van der Waals surface area contributed by atoms with E-state index in [4.69, 9.17) is 0 Å². The van der Waals surface area contributed by atoms with E-state index in [1.807, 2.05) is 6.92 Å². The lowest BCUT2D eigenvalue weighted by atomic mass is 9.78. The maximum Gasteiger partial charge on any atom is 0.295 e. The predicted molar refractivity (Wildman–Crippen MR) is 130 cm³/mol. The van der Waals surface area contributed by atoms with Crippen LogP contribution in [0.15, 0.2) is 53.4 Å². The molecular weight excluding hydrogens is 422 g/mol. The van der Waals surface area contributed by atoms with Gasteiger partial charge in [-0.25, -0.2) is 0 Å². The van der Waals surface area contributed by atoms with E-state index in [1.54, 1.807) is 24.3 Å². The normalized spacial score (nSPS) is 12.8. The zero-order valence-electron chi connectivity index (χ0n) is 19.7. The molecule has 0 atom stereocenters. The van der Waals surface area contributed by atoms with Gasteiger partial charge in [0.05, 0.1) is 0 Å². The van der Waals surface area contributed by atoms with Gasteiger partial charge in [0.15, 0.2) is 0 Å². The number of carbonyl (C=O) groups excluding carboxylic acids is 1. The highest BCUT2D eigenvalue weighted by Gasteiger charge is 2.26. The molecule has 3 aromatic carbocycles. The molecule has 32 heavy (non-hydrogen) atoms. The van der Waals surface area contributed by atoms with Crippen LogP contribution in [0.1, 0.15) is 68.6 Å². The van der Waals surface area contributed by atoms with Crippen molar-refractivity contribution < 1.29 is 17.8 Å². The first-order chi connectivity index (χ1) is 14.6. The van der Waals surface area contributed by atoms with E-state index in [9.17, 15) is 17.8 Å². The van der Waals surface area contributed by atoms with Gasteiger partial charge in [0, 0.05) is 16.6 Å². The Bertz CT molecular complexity index is 1310. The molecule has 0 saturated carbocycles. The van der Waals surface area contributed by atoms with Gasteiger partial charge in [0.1, 0.15) is 4.90 Å². The highest BCUT2D eigenvalue weighted by atomic mass is 32.2. The standard InChI is InChI=1S/C26H31NO4S/c1-16-14-17(25(2,3)4)15-21(26(5,6)7)23(16)27-24(28)20-12-13-22(32(29,30)31)19-11-9-8-10-18(19)20/h8-15H,1-7H3,(H,27,28)(H,29,30,31). The second-order valence-electron chi connectivity index (χ2n) is 10.3. The molecule has 0 fully saturated rings. The van der Waals surface area contributed by atoms with Gasteiger partial charge in [-0.15, -0.1) is 0 Å². The fourth-order valence-electron chi connectivity index (χ4n) is 3.85. The third-order valence-electron chi connectivity index (χ3n) is 5.65. The van der Waals surface area contributed by atoms with Gasteiger partial charge in [0.25, 0.3) is 16.0 Å². The molecule has 0 spiro atoms. The van der Waals surface area contributed by atoms with Crippen molar-refractivity contribution in [3.05, 3.63) is 70.8 Å². The minimum Gasteiger partial charge on any atom is -0.321 e. The molecule has 0 aliphatic carbocycles. The van der Waals surface area contributed by atoms with Crippen molar-refractivity contribution in [2.75, 3.05) is 5.32 Å². The average Bonchev–Trinajstić information content (AvgIpc) is 2.65. The van der Waals surface area contributed by atoms with E-state index >= 15 is 0 Å². The van der Waals surface area contributed by atoms with Crippen molar-refractivity contribution in [2.24, 2.45) is 0 Å². The number of carbonyl (C=O) groups is 1. The fourth-order valence-corrected chi connectivity index (χ4v) is 4.55. The minimum atomic E-state index is -4.41. The van der Waals surface area contributed by atoms with Crippen LogP contribution in [0.4, 0.5) is 5.69 Å². The summed E-state index contributed by atoms with van der Waals surface area (Å²) in [5, 5.41) is 3.84. The number of fused-ring (bicyclic) bond motifs is 1. The van der Waals surface area contributed by atoms with Gasteiger partial charge in [-0.1, -0.05) is 77.9 Å². The first-order valence-electron chi connectivity index (χ1n) is 10.6. The summed E-state index contributed by atoms with van der Waals surface area (Å²) in [7, 11) is -4.41. The van der Waals surface area contributed by atoms with Crippen molar-refractivity contribution in [2.45, 2.75) is 64.2 Å². The summed E-state index contributed by atoms with van der Waals surface area (Å²) in [6.45, 7) is 14.8. The molecule has 0 heterocycles. The molecule has 3 rings (SSSR count). The molecule has 5 nitrogen and oxygen atoms in total. The number of benzene rings is 3. The summed E-state index contributed by atoms with van der Waals surface area (Å²) in [5.74, 6) is -0.333. The number of rotatable bonds is 3. The van der Waals surface area contributed by atoms with Crippen molar-refractivity contribution >= 4 is 32.5 Å². The lowest BCUT2D eigenvalue weighted by molar-refractivity contribution is 0.102. The molecule has 0 radical (unpaired) electrons. The van der Waals surface area contributed by atoms with Crippen LogP contribution in [0.5, 0.6) is 0 Å². The fraction of sp³-hybridized carbons (Fsp3) is 0.346. The Morgan fingerprint density at radius 3 is 2.00 bits per heavy atom. The highest BCUT2D eigenvalue weighted by molar-refractivity contribution is 7.86. The van der Waals surface area contributed by atoms with Crippen LogP contribution in [0, 0.1) is 6.92 Å². The molecule has 0 bridgehead atoms. The topological polar surface area (TPSA) is 83.5 Å². The Morgan fingerprint density at radius 2 is 1.47 bits per heavy atom. The predicted octanol–water partition coefficient (Wildman–Crippen LogP) is 6.24. The average molecular weight is 454 g/mol. The largest absolute Gasteiger partial charge is 0.321 e. The SMILES string of the molecule is Cc1cc(C(C)(C)C)cc(C(C)(C)C)c1NC(=O)c1ccc(S(=O)(=O)O)c2ccccc12. The number of hydrogen-bond acceptors (Lipinski definition) is 3. The van der Waals surface area contributed by atoms with Gasteiger partial charge in [-0.05, 0) is 52.0 Å². The monoisotopic (exact) mass is 453 g/mol. The molecular formula is C26H31NO4S. The molecule has 0 aliphatic rings. The van der Waals surface area contributed by atoms with Crippen LogP contribution in [-0.4, -0.2) is 18.9 Å². The smallest absolute Gasteiger partial charge is 0.295 e. The summed E-state index contributed by atoms with van der Waals surface area (Å²) in [4.78, 5) is 13.2. The number of amides is 1. The van der Waals surface area contributed by atoms with E-state index < -0.39 is 10.1 Å². The zero-order chi connectivity index (χ0) is 24.1. The molecule has 3 aromatic rings. The molecule has 0 aliphatic heterocycles. The minimum absolute atomic E-state index is 0.0326. The first kappa shape index (κ1) is 24.0. The Hall–Kier alpha value is -2.70. The van der Waals surface area contributed by atoms with Crippen molar-refractivity contribution in [1.29, 1.82) is 0 Å². The van der Waals surface area contributed by atoms with Gasteiger partial charge in [0.2, 0.25) is 0 Å². The van der Waals surface area contributed by atoms with E-state index in [-0.39, 0.29) is 21.6 Å². The summed E-state index contributed by atoms with van der Waals surface area (Å²) in [6, 6.07) is 13.6. The van der Waals surface area contributed by atoms with Gasteiger partial charge >= 0.3 is 0 Å². The first-order valence-corrected chi connectivity index (χ1v) is 12.0. The van der Waals surface area contributed by atoms with E-state index in [0.29, 0.717) is 16.3 Å². The molecule has 2 N–H and O–H groups in total. The molecule has 170 valence electrons. The van der Waals surface area contributed by atoms with Crippen LogP contribution >= 0.6 is 0 Å². The molecule has 0 saturated heterocycles. The second kappa shape index (κ2) is 8.01. The maximum atomic E-state index is 13.4. The van der Waals surface area contributed by atoms with E-state index in [0.717, 1.165) is 16.8 Å². The summed E-state index contributed by atoms with van der Waals surface area (Å²) in [5.41, 5.74) is 4.07. The summed E-state index contributed by atoms with van der Waals surface area (Å²) < 4.78 is 33.2. The van der Waals surface area contributed by atoms with Crippen molar-refractivity contribution in [3.63, 3.8) is 0 Å². The Balaban J connectivity index is 2.15. The lowest BCUT2D eigenvalue weighted by Gasteiger charge is -2.29. The van der Waals surface area contributed by atoms with Crippen LogP contribution in [-0.2, 0) is 20.9 Å². The second-order valence-corrected chi connectivity index (χ2v) is 11.7. The Morgan fingerprint density at radius 1 is 0.875 bits per heavy atom. The van der Waals surface area contributed by atoms with Gasteiger partial charge in [-0.2, -0.15) is 8.42 Å². The Labute approximate surface area is 190 Å². The zero-order valence-corrected chi connectivity index (χ0v) is 20.5. The van der Waals surface area contributed by atoms with Crippen LogP contribution in [0.2, 0.25) is 0 Å². The van der Waals surface area contributed by atoms with Gasteiger partial charge in [-0.3, -0.25) is 9.35 Å². The third kappa shape index (κ3) is 4.71. The molecule has 0 aromatic heterocycles. The number of nitrogens with one attached hydrogen (secondary N) is 1. The number of anilines is 1. The van der Waals surface area contributed by atoms with Gasteiger partial charge < -0.3 is 5.32 Å². The molecule has 6 heteroatoms. The number of hydrogen-bond donors (Lipinski definition) is 2. The van der Waals surface area contributed by atoms with Crippen LogP contribution in [0.25, 0.3) is 10.8 Å². The van der Waals surface area contributed by atoms with E-state index in [2.05, 4.69) is 59.0 Å². The van der Waals surface area contributed by atoms with Crippen molar-refractivity contribution in [1.82, 2.24) is 0 Å². The van der Waals surface area contributed by atoms with Crippen LogP contribution in [0.3, 0.4) is 0 Å². The lowest BCUT2D eigenvalue weighted by Crippen LogP contribution is -2.22. The summed E-state index contributed by atoms with van der Waals surface area (Å²) >= 11 is 0. The molecule has 0 unspecified atom stereocenters. The van der Waals surface area contributed by atoms with E-state index in [1.165, 1.54) is 17.7 Å². The van der Waals surface area contributed by atoms with Crippen molar-refractivity contribution in [3.8, 4) is 0 Å². The quantitative estimate of drug-likeness (QED) is 0.460. The maximum absolute atomic E-state index is 13.4. The molecule has 1 amide bonds.